The van der Waals surface area contributed by atoms with Gasteiger partial charge >= 0.3 is 0 Å². The summed E-state index contributed by atoms with van der Waals surface area (Å²) >= 11 is 6.88. The van der Waals surface area contributed by atoms with Crippen LogP contribution in [0.25, 0.3) is 0 Å². The van der Waals surface area contributed by atoms with E-state index in [9.17, 15) is 8.42 Å². The Morgan fingerprint density at radius 3 is 1.54 bits per heavy atom. The molecule has 3 aromatic carbocycles. The van der Waals surface area contributed by atoms with Crippen LogP contribution in [0.4, 0.5) is 34.9 Å². The topological polar surface area (TPSA) is 230 Å². The van der Waals surface area contributed by atoms with Crippen LogP contribution in [0.3, 0.4) is 0 Å². The molecule has 5 heterocycles. The van der Waals surface area contributed by atoms with Crippen LogP contribution in [0.5, 0.6) is 0 Å². The molecule has 2 fully saturated rings. The maximum atomic E-state index is 12.9. The van der Waals surface area contributed by atoms with E-state index in [1.165, 1.54) is 149 Å². The zero-order chi connectivity index (χ0) is 62.6. The van der Waals surface area contributed by atoms with E-state index >= 15 is 0 Å². The fraction of sp³-hybridized carbons (Fsp3) is 0.545. The summed E-state index contributed by atoms with van der Waals surface area (Å²) < 4.78 is 46.0. The van der Waals surface area contributed by atoms with Gasteiger partial charge < -0.3 is 25.4 Å². The molecule has 8 aliphatic rings. The number of aromatic amines is 2. The first kappa shape index (κ1) is 62.2. The molecule has 0 bridgehead atoms. The SMILES string of the molecule is C[Si](C)(C)CCOCn1[nH]c(=S)nc1Nc1c2c(cc3c1CCC3)CCC2.C[Si](C)(C)CCOCn1nc(Sc2cnn(C3CC3)c2)nc1Nc1c2c(cc3c1CCC3)CCC2.O=S(=O)(c1cnn(C2CC2)c1)c1nc(Nc2c3c(cc4c2CCC4)CCC3)n[nH]1. The number of aromatic nitrogens is 13. The normalized spacial score (nSPS) is 17.0. The molecule has 0 saturated heterocycles. The Kier molecular flexibility index (Phi) is 17.7. The van der Waals surface area contributed by atoms with Crippen LogP contribution in [0, 0.1) is 4.77 Å². The number of benzene rings is 3. The Bertz CT molecular complexity index is 4080. The van der Waals surface area contributed by atoms with Crippen molar-refractivity contribution in [3.63, 3.8) is 0 Å². The highest BCUT2D eigenvalue weighted by Gasteiger charge is 2.32. The van der Waals surface area contributed by atoms with Crippen molar-refractivity contribution in [2.24, 2.45) is 0 Å². The minimum Gasteiger partial charge on any atom is -0.359 e. The van der Waals surface area contributed by atoms with E-state index in [4.69, 9.17) is 31.8 Å². The Morgan fingerprint density at radius 2 is 1.04 bits per heavy atom. The van der Waals surface area contributed by atoms with Crippen molar-refractivity contribution in [1.29, 1.82) is 0 Å². The largest absolute Gasteiger partial charge is 0.359 e. The van der Waals surface area contributed by atoms with Crippen LogP contribution < -0.4 is 16.0 Å². The fourth-order valence-electron chi connectivity index (χ4n) is 13.9. The molecule has 25 heteroatoms. The molecule has 8 aliphatic carbocycles. The van der Waals surface area contributed by atoms with Crippen LogP contribution >= 0.6 is 24.0 Å². The van der Waals surface area contributed by atoms with E-state index < -0.39 is 26.0 Å². The van der Waals surface area contributed by atoms with Gasteiger partial charge in [0, 0.05) is 58.8 Å². The lowest BCUT2D eigenvalue weighted by Gasteiger charge is -2.18. The lowest BCUT2D eigenvalue weighted by Crippen LogP contribution is -2.22. The molecule has 5 N–H and O–H groups in total. The molecule has 0 radical (unpaired) electrons. The number of nitrogens with one attached hydrogen (secondary N) is 5. The monoisotopic (exact) mass is 1320 g/mol. The van der Waals surface area contributed by atoms with Crippen molar-refractivity contribution < 1.29 is 17.9 Å². The number of sulfone groups is 1. The average molecular weight is 1320 g/mol. The smallest absolute Gasteiger partial charge is 0.249 e. The van der Waals surface area contributed by atoms with Crippen molar-refractivity contribution in [3.05, 3.63) is 115 Å². The van der Waals surface area contributed by atoms with Gasteiger partial charge in [-0.1, -0.05) is 57.5 Å². The van der Waals surface area contributed by atoms with Gasteiger partial charge in [-0.3, -0.25) is 14.5 Å². The highest BCUT2D eigenvalue weighted by atomic mass is 32.2. The summed E-state index contributed by atoms with van der Waals surface area (Å²) in [4.78, 5) is 15.0. The van der Waals surface area contributed by atoms with E-state index in [-0.39, 0.29) is 10.1 Å². The Hall–Kier alpha value is -6.23. The van der Waals surface area contributed by atoms with Crippen molar-refractivity contribution in [2.45, 2.75) is 238 Å². The van der Waals surface area contributed by atoms with Gasteiger partial charge in [0.05, 0.1) is 29.4 Å². The van der Waals surface area contributed by atoms with Gasteiger partial charge in [0.1, 0.15) is 18.4 Å². The summed E-state index contributed by atoms with van der Waals surface area (Å²) in [6.07, 6.45) is 32.6. The fourth-order valence-corrected chi connectivity index (χ4v) is 17.4. The minimum absolute atomic E-state index is 0.147. The second kappa shape index (κ2) is 25.9. The molecular formula is C66H88N16O4S3Si2. The number of aryl methyl sites for hydroxylation is 6. The number of rotatable bonds is 22. The molecule has 8 aromatic rings. The Morgan fingerprint density at radius 1 is 0.582 bits per heavy atom. The van der Waals surface area contributed by atoms with E-state index in [1.54, 1.807) is 22.6 Å². The van der Waals surface area contributed by atoms with Gasteiger partial charge in [-0.2, -0.15) is 25.1 Å². The Labute approximate surface area is 545 Å². The molecule has 16 rings (SSSR count). The highest BCUT2D eigenvalue weighted by Crippen LogP contribution is 2.44. The number of hydrogen-bond acceptors (Lipinski definition) is 16. The molecule has 0 atom stereocenters. The van der Waals surface area contributed by atoms with Crippen LogP contribution in [0.2, 0.25) is 51.4 Å². The summed E-state index contributed by atoms with van der Waals surface area (Å²) in [6.45, 7) is 16.7. The summed E-state index contributed by atoms with van der Waals surface area (Å²) in [5.41, 5.74) is 21.2. The molecule has 0 unspecified atom stereocenters. The van der Waals surface area contributed by atoms with Gasteiger partial charge in [0.25, 0.3) is 0 Å². The number of anilines is 6. The Balaban J connectivity index is 0.000000120. The summed E-state index contributed by atoms with van der Waals surface area (Å²) in [7, 11) is -6.00. The quantitative estimate of drug-likeness (QED) is 0.0241. The predicted octanol–water partition coefficient (Wildman–Crippen LogP) is 13.9. The molecule has 482 valence electrons. The summed E-state index contributed by atoms with van der Waals surface area (Å²) in [5, 5.41) is 34.8. The van der Waals surface area contributed by atoms with E-state index in [2.05, 4.69) is 120 Å². The van der Waals surface area contributed by atoms with Crippen molar-refractivity contribution in [3.8, 4) is 0 Å². The van der Waals surface area contributed by atoms with Crippen LogP contribution in [-0.2, 0) is 110 Å². The van der Waals surface area contributed by atoms with Crippen molar-refractivity contribution in [1.82, 2.24) is 64.3 Å². The lowest BCUT2D eigenvalue weighted by atomic mass is 9.99. The molecule has 5 aromatic heterocycles. The zero-order valence-corrected chi connectivity index (χ0v) is 58.2. The third kappa shape index (κ3) is 14.2. The molecule has 0 aliphatic heterocycles. The second-order valence-corrected chi connectivity index (χ2v) is 43.2. The van der Waals surface area contributed by atoms with E-state index in [1.807, 2.05) is 15.6 Å². The third-order valence-electron chi connectivity index (χ3n) is 19.1. The average Bonchev–Trinajstić information content (AvgIpc) is 1.71. The van der Waals surface area contributed by atoms with Crippen molar-refractivity contribution >= 4 is 84.9 Å². The van der Waals surface area contributed by atoms with Crippen LogP contribution in [0.1, 0.15) is 143 Å². The maximum absolute atomic E-state index is 12.9. The molecule has 0 amide bonds. The van der Waals surface area contributed by atoms with Crippen LogP contribution in [-0.4, -0.2) is 102 Å². The summed E-state index contributed by atoms with van der Waals surface area (Å²) in [5.74, 6) is 1.85. The number of nitrogens with zero attached hydrogens (tertiary/aromatic N) is 11. The lowest BCUT2D eigenvalue weighted by molar-refractivity contribution is 0.0792. The minimum atomic E-state index is -3.77. The standard InChI is InChI=1S/C26H36N6OSSi.C20H22N6O2S.C20H30N4OSSi/c1-35(2,3)13-12-33-17-32-25(29-26(30-32)34-21-15-27-31(16-21)20-10-11-20)28-24-22-8-4-6-18(22)14-19-7-5-9-23(19)24;27-29(28,15-10-21-26(11-15)14-7-8-14)20-23-19(24-25-20)22-18-16-5-1-3-12(16)9-13-4-2-6-17(13)18;1-27(2,3)11-10-25-13-24-19(22-20(26)23-24)21-18-16-8-4-6-14(16)12-15-7-5-9-17(15)18/h14-16,20H,4-13,17H2,1-3H3,(H,28,29,30);9-11,14H,1-8H2,(H2,22,23,24,25);12H,4-11,13H2,1-3H3,(H2,21,22,23,26). The van der Waals surface area contributed by atoms with Gasteiger partial charge in [0.2, 0.25) is 42.8 Å². The molecule has 91 heavy (non-hydrogen) atoms. The number of fused-ring (bicyclic) bond motifs is 6. The second-order valence-electron chi connectivity index (χ2n) is 28.6. The van der Waals surface area contributed by atoms with Gasteiger partial charge in [0.15, 0.2) is 0 Å². The third-order valence-corrected chi connectivity index (χ3v) is 25.1. The van der Waals surface area contributed by atoms with Gasteiger partial charge in [-0.15, -0.1) is 10.2 Å². The number of H-pyrrole nitrogens is 2. The number of ether oxygens (including phenoxy) is 2. The predicted molar refractivity (Wildman–Crippen MR) is 364 cm³/mol. The van der Waals surface area contributed by atoms with E-state index in [0.29, 0.717) is 36.3 Å². The maximum Gasteiger partial charge on any atom is 0.249 e. The van der Waals surface area contributed by atoms with Gasteiger partial charge in [-0.25, -0.2) is 22.9 Å². The van der Waals surface area contributed by atoms with Crippen molar-refractivity contribution in [2.75, 3.05) is 29.2 Å². The highest BCUT2D eigenvalue weighted by molar-refractivity contribution is 7.99. The molecular weight excluding hydrogens is 1230 g/mol. The van der Waals surface area contributed by atoms with Gasteiger partial charge in [-0.05, 0) is 244 Å². The zero-order valence-electron chi connectivity index (χ0n) is 53.8. The molecule has 2 saturated carbocycles. The first-order chi connectivity index (χ1) is 43.9. The first-order valence-electron chi connectivity index (χ1n) is 33.4. The molecule has 20 nitrogen and oxygen atoms in total. The number of hydrogen-bond donors (Lipinski definition) is 5. The van der Waals surface area contributed by atoms with E-state index in [0.717, 1.165) is 130 Å². The summed E-state index contributed by atoms with van der Waals surface area (Å²) in [6, 6.07) is 10.5. The van der Waals surface area contributed by atoms with Crippen LogP contribution in [0.15, 0.2) is 63.1 Å². The first-order valence-corrected chi connectivity index (χ1v) is 43.6. The molecule has 0 spiro atoms.